The van der Waals surface area contributed by atoms with Gasteiger partial charge in [0.2, 0.25) is 0 Å². The van der Waals surface area contributed by atoms with Crippen LogP contribution in [-0.2, 0) is 0 Å². The monoisotopic (exact) mass is 144 g/mol. The number of amides is 2. The van der Waals surface area contributed by atoms with Crippen LogP contribution in [0.2, 0.25) is 0 Å². The molecule has 10 heavy (non-hydrogen) atoms. The number of urea groups is 1. The Hall–Kier alpha value is -1.03. The molecule has 4 heteroatoms. The van der Waals surface area contributed by atoms with Crippen molar-refractivity contribution in [3.05, 3.63) is 12.3 Å². The van der Waals surface area contributed by atoms with Crippen LogP contribution >= 0.6 is 0 Å². The number of hydrogen-bond acceptors (Lipinski definition) is 2. The highest BCUT2D eigenvalue weighted by molar-refractivity contribution is 5.73. The first-order valence-electron chi connectivity index (χ1n) is 2.91. The summed E-state index contributed by atoms with van der Waals surface area (Å²) >= 11 is 0. The van der Waals surface area contributed by atoms with Crippen LogP contribution in [0.1, 0.15) is 6.92 Å². The van der Waals surface area contributed by atoms with Gasteiger partial charge in [0.1, 0.15) is 0 Å². The summed E-state index contributed by atoms with van der Waals surface area (Å²) in [6.45, 7) is 1.71. The minimum Gasteiger partial charge on any atom is -0.329 e. The zero-order valence-corrected chi connectivity index (χ0v) is 6.40. The average Bonchev–Trinajstić information content (AvgIpc) is 1.87. The number of carbonyl (C=O) groups is 1. The fourth-order valence-electron chi connectivity index (χ4n) is 0.410. The standard InChI is InChI=1S/C6H12N2O2/c1-4-5-8(10)6(9)7(2)3/h4-5,10H,1-3H3/b5-4+. The first-order valence-corrected chi connectivity index (χ1v) is 2.91. The fourth-order valence-corrected chi connectivity index (χ4v) is 0.410. The highest BCUT2D eigenvalue weighted by atomic mass is 16.5. The van der Waals surface area contributed by atoms with Gasteiger partial charge in [0.15, 0.2) is 0 Å². The molecule has 0 aliphatic rings. The molecule has 0 heterocycles. The summed E-state index contributed by atoms with van der Waals surface area (Å²) in [6, 6.07) is -0.460. The molecule has 0 spiro atoms. The van der Waals surface area contributed by atoms with Gasteiger partial charge in [0, 0.05) is 20.3 Å². The van der Waals surface area contributed by atoms with Gasteiger partial charge in [0.05, 0.1) is 0 Å². The minimum atomic E-state index is -0.460. The van der Waals surface area contributed by atoms with E-state index in [1.165, 1.54) is 11.1 Å². The quantitative estimate of drug-likeness (QED) is 0.438. The van der Waals surface area contributed by atoms with Gasteiger partial charge in [-0.1, -0.05) is 6.08 Å². The summed E-state index contributed by atoms with van der Waals surface area (Å²) in [5.41, 5.74) is 0. The highest BCUT2D eigenvalue weighted by Crippen LogP contribution is 1.90. The Morgan fingerprint density at radius 1 is 1.50 bits per heavy atom. The molecule has 0 aromatic carbocycles. The predicted octanol–water partition coefficient (Wildman–Crippen LogP) is 0.893. The van der Waals surface area contributed by atoms with Crippen molar-refractivity contribution < 1.29 is 10.0 Å². The zero-order chi connectivity index (χ0) is 8.15. The molecule has 0 aromatic heterocycles. The van der Waals surface area contributed by atoms with Crippen LogP contribution in [0.5, 0.6) is 0 Å². The molecule has 0 aliphatic heterocycles. The molecule has 1 N–H and O–H groups in total. The summed E-state index contributed by atoms with van der Waals surface area (Å²) in [5.74, 6) is 0. The van der Waals surface area contributed by atoms with E-state index in [4.69, 9.17) is 5.21 Å². The van der Waals surface area contributed by atoms with Gasteiger partial charge in [-0.2, -0.15) is 5.06 Å². The molecule has 0 atom stereocenters. The molecule has 0 bridgehead atoms. The molecule has 58 valence electrons. The van der Waals surface area contributed by atoms with E-state index in [1.54, 1.807) is 27.1 Å². The summed E-state index contributed by atoms with van der Waals surface area (Å²) in [6.07, 6.45) is 2.85. The maximum Gasteiger partial charge on any atom is 0.347 e. The Balaban J connectivity index is 3.95. The van der Waals surface area contributed by atoms with Gasteiger partial charge < -0.3 is 4.90 Å². The van der Waals surface area contributed by atoms with Crippen molar-refractivity contribution in [3.63, 3.8) is 0 Å². The van der Waals surface area contributed by atoms with Crippen LogP contribution in [0.3, 0.4) is 0 Å². The topological polar surface area (TPSA) is 43.8 Å². The van der Waals surface area contributed by atoms with Crippen molar-refractivity contribution in [2.24, 2.45) is 0 Å². The van der Waals surface area contributed by atoms with Gasteiger partial charge in [0.25, 0.3) is 0 Å². The van der Waals surface area contributed by atoms with Crippen LogP contribution in [0.4, 0.5) is 4.79 Å². The lowest BCUT2D eigenvalue weighted by atomic mass is 10.7. The molecule has 0 unspecified atom stereocenters. The second-order valence-corrected chi connectivity index (χ2v) is 2.00. The lowest BCUT2D eigenvalue weighted by Crippen LogP contribution is -2.33. The van der Waals surface area contributed by atoms with Gasteiger partial charge in [-0.05, 0) is 6.92 Å². The predicted molar refractivity (Wildman–Crippen MR) is 37.5 cm³/mol. The van der Waals surface area contributed by atoms with E-state index in [2.05, 4.69) is 0 Å². The summed E-state index contributed by atoms with van der Waals surface area (Å²) < 4.78 is 0. The maximum absolute atomic E-state index is 10.8. The van der Waals surface area contributed by atoms with Crippen molar-refractivity contribution in [2.45, 2.75) is 6.92 Å². The molecule has 0 aromatic rings. The number of hydroxylamine groups is 2. The second-order valence-electron chi connectivity index (χ2n) is 2.00. The molecular formula is C6H12N2O2. The van der Waals surface area contributed by atoms with Gasteiger partial charge in [-0.25, -0.2) is 4.79 Å². The zero-order valence-electron chi connectivity index (χ0n) is 6.40. The molecule has 0 rings (SSSR count). The Morgan fingerprint density at radius 3 is 2.30 bits per heavy atom. The average molecular weight is 144 g/mol. The number of allylic oxidation sites excluding steroid dienone is 1. The maximum atomic E-state index is 10.8. The fraction of sp³-hybridized carbons (Fsp3) is 0.500. The van der Waals surface area contributed by atoms with Crippen molar-refractivity contribution in [1.82, 2.24) is 9.96 Å². The first-order chi connectivity index (χ1) is 4.59. The third-order valence-corrected chi connectivity index (χ3v) is 0.869. The highest BCUT2D eigenvalue weighted by Gasteiger charge is 2.07. The van der Waals surface area contributed by atoms with E-state index in [1.807, 2.05) is 0 Å². The van der Waals surface area contributed by atoms with E-state index in [0.717, 1.165) is 0 Å². The summed E-state index contributed by atoms with van der Waals surface area (Å²) in [4.78, 5) is 12.1. The Kier molecular flexibility index (Phi) is 3.49. The van der Waals surface area contributed by atoms with Gasteiger partial charge >= 0.3 is 6.03 Å². The number of nitrogens with zero attached hydrogens (tertiary/aromatic N) is 2. The summed E-state index contributed by atoms with van der Waals surface area (Å²) in [5, 5.41) is 9.37. The van der Waals surface area contributed by atoms with Crippen molar-refractivity contribution in [2.75, 3.05) is 14.1 Å². The first kappa shape index (κ1) is 8.97. The van der Waals surface area contributed by atoms with Crippen molar-refractivity contribution in [3.8, 4) is 0 Å². The molecule has 4 nitrogen and oxygen atoms in total. The minimum absolute atomic E-state index is 0.460. The molecule has 2 amide bonds. The Labute approximate surface area is 60.3 Å². The van der Waals surface area contributed by atoms with Crippen molar-refractivity contribution >= 4 is 6.03 Å². The van der Waals surface area contributed by atoms with Crippen molar-refractivity contribution in [1.29, 1.82) is 0 Å². The van der Waals surface area contributed by atoms with E-state index in [-0.39, 0.29) is 0 Å². The molecule has 0 fully saturated rings. The molecular weight excluding hydrogens is 132 g/mol. The smallest absolute Gasteiger partial charge is 0.329 e. The van der Waals surface area contributed by atoms with E-state index in [9.17, 15) is 4.79 Å². The number of rotatable bonds is 1. The van der Waals surface area contributed by atoms with Crippen LogP contribution in [0.15, 0.2) is 12.3 Å². The van der Waals surface area contributed by atoms with Crippen LogP contribution < -0.4 is 0 Å². The Bertz CT molecular complexity index is 143. The summed E-state index contributed by atoms with van der Waals surface area (Å²) in [7, 11) is 3.13. The van der Waals surface area contributed by atoms with Crippen LogP contribution in [-0.4, -0.2) is 35.3 Å². The normalized spacial score (nSPS) is 10.0. The Morgan fingerprint density at radius 2 is 2.00 bits per heavy atom. The third-order valence-electron chi connectivity index (χ3n) is 0.869. The lowest BCUT2D eigenvalue weighted by molar-refractivity contribution is -0.00814. The largest absolute Gasteiger partial charge is 0.347 e. The second kappa shape index (κ2) is 3.90. The molecule has 0 aliphatic carbocycles. The van der Waals surface area contributed by atoms with E-state index in [0.29, 0.717) is 5.06 Å². The third kappa shape index (κ3) is 2.50. The lowest BCUT2D eigenvalue weighted by Gasteiger charge is -2.15. The van der Waals surface area contributed by atoms with Gasteiger partial charge in [-0.15, -0.1) is 0 Å². The SMILES string of the molecule is C/C=C/N(O)C(=O)N(C)C. The van der Waals surface area contributed by atoms with Crippen LogP contribution in [0, 0.1) is 0 Å². The van der Waals surface area contributed by atoms with Gasteiger partial charge in [-0.3, -0.25) is 5.21 Å². The molecule has 0 saturated heterocycles. The molecule has 0 saturated carbocycles. The number of carbonyl (C=O) groups excluding carboxylic acids is 1. The van der Waals surface area contributed by atoms with E-state index < -0.39 is 6.03 Å². The van der Waals surface area contributed by atoms with Crippen LogP contribution in [0.25, 0.3) is 0 Å². The van der Waals surface area contributed by atoms with E-state index >= 15 is 0 Å². The molecule has 0 radical (unpaired) electrons. The number of hydrogen-bond donors (Lipinski definition) is 1.